The molecule has 0 saturated heterocycles. The van der Waals surface area contributed by atoms with E-state index in [2.05, 4.69) is 51.9 Å². The molecule has 1 aliphatic heterocycles. The van der Waals surface area contributed by atoms with Crippen molar-refractivity contribution in [3.63, 3.8) is 0 Å². The van der Waals surface area contributed by atoms with Crippen LogP contribution in [0.3, 0.4) is 0 Å². The first-order valence-electron chi connectivity index (χ1n) is 4.49. The molecule has 0 spiro atoms. The van der Waals surface area contributed by atoms with Crippen LogP contribution in [0.5, 0.6) is 0 Å². The topological polar surface area (TPSA) is 24.1 Å². The van der Waals surface area contributed by atoms with E-state index in [1.54, 1.807) is 0 Å². The maximum absolute atomic E-state index is 3.61. The van der Waals surface area contributed by atoms with Gasteiger partial charge in [0.05, 0.1) is 0 Å². The molecule has 2 rings (SSSR count). The van der Waals surface area contributed by atoms with Gasteiger partial charge < -0.3 is 5.43 Å². The summed E-state index contributed by atoms with van der Waals surface area (Å²) in [6, 6.07) is 0. The highest BCUT2D eigenvalue weighted by molar-refractivity contribution is 9.09. The lowest BCUT2D eigenvalue weighted by Gasteiger charge is -2.17. The van der Waals surface area contributed by atoms with Crippen molar-refractivity contribution in [2.45, 2.75) is 11.8 Å². The summed E-state index contributed by atoms with van der Waals surface area (Å²) in [4.78, 5) is 0.485. The molecule has 13 heavy (non-hydrogen) atoms. The second-order valence-electron chi connectivity index (χ2n) is 3.45. The van der Waals surface area contributed by atoms with E-state index in [0.717, 1.165) is 6.54 Å². The first-order valence-corrected chi connectivity index (χ1v) is 5.41. The number of hydrazine groups is 1. The largest absolute Gasteiger partial charge is 0.328 e. The number of hydrogen-bond donors (Lipinski definition) is 2. The number of hydrogen-bond acceptors (Lipinski definition) is 2. The van der Waals surface area contributed by atoms with Gasteiger partial charge in [0.1, 0.15) is 0 Å². The summed E-state index contributed by atoms with van der Waals surface area (Å²) in [7, 11) is 0. The predicted molar refractivity (Wildman–Crippen MR) is 58.3 cm³/mol. The minimum Gasteiger partial charge on any atom is -0.328 e. The van der Waals surface area contributed by atoms with E-state index < -0.39 is 0 Å². The molecule has 1 unspecified atom stereocenters. The van der Waals surface area contributed by atoms with Crippen molar-refractivity contribution in [3.8, 4) is 0 Å². The van der Waals surface area contributed by atoms with Crippen LogP contribution >= 0.6 is 15.9 Å². The molecule has 70 valence electrons. The normalized spacial score (nSPS) is 32.5. The Morgan fingerprint density at radius 2 is 2.38 bits per heavy atom. The molecule has 0 aromatic carbocycles. The third-order valence-electron chi connectivity index (χ3n) is 2.40. The van der Waals surface area contributed by atoms with Crippen molar-refractivity contribution in [1.82, 2.24) is 10.9 Å². The minimum absolute atomic E-state index is 0.485. The quantitative estimate of drug-likeness (QED) is 0.685. The SMILES string of the molecule is C[C@H]1C=C(C2=CNNC2)C=CC1Br. The van der Waals surface area contributed by atoms with Crippen molar-refractivity contribution < 1.29 is 0 Å². The lowest BCUT2D eigenvalue weighted by Crippen LogP contribution is -2.20. The Balaban J connectivity index is 2.17. The van der Waals surface area contributed by atoms with Crippen LogP contribution in [-0.2, 0) is 0 Å². The van der Waals surface area contributed by atoms with Crippen LogP contribution in [0.4, 0.5) is 0 Å². The van der Waals surface area contributed by atoms with Crippen LogP contribution < -0.4 is 10.9 Å². The minimum atomic E-state index is 0.485. The van der Waals surface area contributed by atoms with Crippen LogP contribution in [0, 0.1) is 5.92 Å². The monoisotopic (exact) mass is 240 g/mol. The molecular weight excluding hydrogens is 228 g/mol. The number of alkyl halides is 1. The fourth-order valence-electron chi connectivity index (χ4n) is 1.54. The first kappa shape index (κ1) is 9.03. The lowest BCUT2D eigenvalue weighted by atomic mass is 9.94. The molecule has 0 radical (unpaired) electrons. The van der Waals surface area contributed by atoms with Gasteiger partial charge in [0.15, 0.2) is 0 Å². The molecule has 2 N–H and O–H groups in total. The van der Waals surface area contributed by atoms with Gasteiger partial charge in [0, 0.05) is 17.6 Å². The van der Waals surface area contributed by atoms with Crippen LogP contribution in [0.1, 0.15) is 6.92 Å². The number of allylic oxidation sites excluding steroid dienone is 3. The predicted octanol–water partition coefficient (Wildman–Crippen LogP) is 1.87. The van der Waals surface area contributed by atoms with Crippen molar-refractivity contribution in [3.05, 3.63) is 35.6 Å². The fraction of sp³-hybridized carbons (Fsp3) is 0.400. The summed E-state index contributed by atoms with van der Waals surface area (Å²) in [6.45, 7) is 3.13. The summed E-state index contributed by atoms with van der Waals surface area (Å²) in [5.41, 5.74) is 8.73. The molecule has 0 aromatic rings. The van der Waals surface area contributed by atoms with Crippen molar-refractivity contribution >= 4 is 15.9 Å². The van der Waals surface area contributed by atoms with Gasteiger partial charge in [-0.2, -0.15) is 0 Å². The molecule has 2 nitrogen and oxygen atoms in total. The smallest absolute Gasteiger partial charge is 0.0419 e. The first-order chi connectivity index (χ1) is 6.27. The van der Waals surface area contributed by atoms with Gasteiger partial charge in [0.2, 0.25) is 0 Å². The van der Waals surface area contributed by atoms with Crippen LogP contribution in [0.25, 0.3) is 0 Å². The van der Waals surface area contributed by atoms with E-state index >= 15 is 0 Å². The average Bonchev–Trinajstić information content (AvgIpc) is 2.62. The Kier molecular flexibility index (Phi) is 2.56. The Morgan fingerprint density at radius 1 is 1.54 bits per heavy atom. The molecule has 2 aliphatic rings. The van der Waals surface area contributed by atoms with E-state index in [4.69, 9.17) is 0 Å². The van der Waals surface area contributed by atoms with E-state index in [-0.39, 0.29) is 0 Å². The van der Waals surface area contributed by atoms with Gasteiger partial charge in [-0.05, 0) is 17.1 Å². The van der Waals surface area contributed by atoms with E-state index in [1.807, 2.05) is 6.20 Å². The molecule has 1 heterocycles. The van der Waals surface area contributed by atoms with Gasteiger partial charge in [-0.15, -0.1) is 0 Å². The number of halogens is 1. The Morgan fingerprint density at radius 3 is 3.00 bits per heavy atom. The zero-order chi connectivity index (χ0) is 9.26. The maximum atomic E-state index is 3.61. The molecule has 0 fully saturated rings. The number of nitrogens with one attached hydrogen (secondary N) is 2. The van der Waals surface area contributed by atoms with Crippen molar-refractivity contribution in [1.29, 1.82) is 0 Å². The van der Waals surface area contributed by atoms with Crippen LogP contribution in [0.15, 0.2) is 35.6 Å². The second-order valence-corrected chi connectivity index (χ2v) is 4.51. The highest BCUT2D eigenvalue weighted by Gasteiger charge is 2.16. The standard InChI is InChI=1S/C10H13BrN2/c1-7-4-8(2-3-10(7)11)9-5-12-13-6-9/h2-5,7,10,12-13H,6H2,1H3/t7-,10?/m0/s1. The van der Waals surface area contributed by atoms with E-state index in [9.17, 15) is 0 Å². The molecular formula is C10H13BrN2. The zero-order valence-electron chi connectivity index (χ0n) is 7.55. The van der Waals surface area contributed by atoms with Gasteiger partial charge >= 0.3 is 0 Å². The summed E-state index contributed by atoms with van der Waals surface area (Å²) in [5, 5.41) is 0. The Bertz CT molecular complexity index is 291. The average molecular weight is 241 g/mol. The van der Waals surface area contributed by atoms with Gasteiger partial charge in [-0.25, -0.2) is 5.43 Å². The molecule has 0 aromatic heterocycles. The van der Waals surface area contributed by atoms with Crippen molar-refractivity contribution in [2.75, 3.05) is 6.54 Å². The molecule has 2 atom stereocenters. The fourth-order valence-corrected chi connectivity index (χ4v) is 1.84. The summed E-state index contributed by atoms with van der Waals surface area (Å²) in [6.07, 6.45) is 8.72. The highest BCUT2D eigenvalue weighted by Crippen LogP contribution is 2.26. The zero-order valence-corrected chi connectivity index (χ0v) is 9.14. The maximum Gasteiger partial charge on any atom is 0.0419 e. The van der Waals surface area contributed by atoms with Crippen LogP contribution in [0.2, 0.25) is 0 Å². The summed E-state index contributed by atoms with van der Waals surface area (Å²) < 4.78 is 0. The van der Waals surface area contributed by atoms with E-state index in [0.29, 0.717) is 10.7 Å². The second kappa shape index (κ2) is 3.68. The third-order valence-corrected chi connectivity index (χ3v) is 3.54. The van der Waals surface area contributed by atoms with Gasteiger partial charge in [-0.1, -0.05) is 41.1 Å². The molecule has 0 saturated carbocycles. The molecule has 0 amide bonds. The van der Waals surface area contributed by atoms with Crippen molar-refractivity contribution in [2.24, 2.45) is 5.92 Å². The van der Waals surface area contributed by atoms with Gasteiger partial charge in [-0.3, -0.25) is 0 Å². The number of rotatable bonds is 1. The molecule has 1 aliphatic carbocycles. The molecule has 0 bridgehead atoms. The summed E-state index contributed by atoms with van der Waals surface area (Å²) in [5.74, 6) is 0.571. The van der Waals surface area contributed by atoms with E-state index in [1.165, 1.54) is 11.1 Å². The summed E-state index contributed by atoms with van der Waals surface area (Å²) >= 11 is 3.61. The highest BCUT2D eigenvalue weighted by atomic mass is 79.9. The van der Waals surface area contributed by atoms with Gasteiger partial charge in [0.25, 0.3) is 0 Å². The lowest BCUT2D eigenvalue weighted by molar-refractivity contribution is 0.720. The van der Waals surface area contributed by atoms with Crippen LogP contribution in [-0.4, -0.2) is 11.4 Å². The Hall–Kier alpha value is -0.540. The third kappa shape index (κ3) is 1.86. The Labute approximate surface area is 86.9 Å². The molecule has 3 heteroatoms.